The fraction of sp³-hybridized carbons (Fsp3) is 0.214. The van der Waals surface area contributed by atoms with Crippen molar-refractivity contribution in [3.05, 3.63) is 57.8 Å². The molecular formula is C14H16N2O3S2. The van der Waals surface area contributed by atoms with E-state index in [4.69, 9.17) is 5.73 Å². The van der Waals surface area contributed by atoms with Gasteiger partial charge in [0.25, 0.3) is 0 Å². The predicted molar refractivity (Wildman–Crippen MR) is 83.6 cm³/mol. The molecule has 21 heavy (non-hydrogen) atoms. The average Bonchev–Trinajstić information content (AvgIpc) is 2.97. The fourth-order valence-electron chi connectivity index (χ4n) is 1.79. The first-order valence-corrected chi connectivity index (χ1v) is 8.88. The molecule has 0 unspecified atom stereocenters. The van der Waals surface area contributed by atoms with Gasteiger partial charge in [-0.15, -0.1) is 11.3 Å². The van der Waals surface area contributed by atoms with Crippen LogP contribution in [0.4, 0.5) is 0 Å². The molecule has 112 valence electrons. The lowest BCUT2D eigenvalue weighted by Gasteiger charge is -2.07. The zero-order valence-electron chi connectivity index (χ0n) is 11.3. The Hall–Kier alpha value is -1.70. The standard InChI is InChI=1S/C14H16N2O3S2/c15-14(17)12-4-1-3-11(9-12)10-16-21(18,19)8-6-13-5-2-7-20-13/h1-5,7,9,16H,6,8,10H2,(H2,15,17). The summed E-state index contributed by atoms with van der Waals surface area (Å²) in [6.45, 7) is 0.147. The summed E-state index contributed by atoms with van der Waals surface area (Å²) in [6.07, 6.45) is 0.494. The third kappa shape index (κ3) is 4.96. The molecule has 1 aromatic carbocycles. The van der Waals surface area contributed by atoms with Crippen LogP contribution in [-0.2, 0) is 23.0 Å². The Labute approximate surface area is 127 Å². The minimum atomic E-state index is -3.35. The summed E-state index contributed by atoms with van der Waals surface area (Å²) in [6, 6.07) is 10.4. The van der Waals surface area contributed by atoms with Gasteiger partial charge < -0.3 is 5.73 Å². The number of nitrogens with two attached hydrogens (primary N) is 1. The van der Waals surface area contributed by atoms with Crippen molar-refractivity contribution in [3.63, 3.8) is 0 Å². The maximum atomic E-state index is 11.9. The number of amides is 1. The van der Waals surface area contributed by atoms with E-state index in [0.29, 0.717) is 17.5 Å². The zero-order valence-corrected chi connectivity index (χ0v) is 12.9. The first kappa shape index (κ1) is 15.7. The summed E-state index contributed by atoms with van der Waals surface area (Å²) in [4.78, 5) is 12.1. The van der Waals surface area contributed by atoms with Crippen LogP contribution in [0.2, 0.25) is 0 Å². The van der Waals surface area contributed by atoms with E-state index < -0.39 is 15.9 Å². The van der Waals surface area contributed by atoms with E-state index >= 15 is 0 Å². The van der Waals surface area contributed by atoms with Crippen molar-refractivity contribution in [2.24, 2.45) is 5.73 Å². The van der Waals surface area contributed by atoms with Gasteiger partial charge in [0, 0.05) is 17.0 Å². The quantitative estimate of drug-likeness (QED) is 0.809. The van der Waals surface area contributed by atoms with Crippen LogP contribution >= 0.6 is 11.3 Å². The Morgan fingerprint density at radius 2 is 2.05 bits per heavy atom. The highest BCUT2D eigenvalue weighted by Gasteiger charge is 2.11. The van der Waals surface area contributed by atoms with Crippen LogP contribution in [0.25, 0.3) is 0 Å². The molecule has 1 amide bonds. The van der Waals surface area contributed by atoms with Gasteiger partial charge in [-0.3, -0.25) is 4.79 Å². The summed E-state index contributed by atoms with van der Waals surface area (Å²) in [5, 5.41) is 1.92. The zero-order chi connectivity index (χ0) is 15.3. The molecule has 1 heterocycles. The number of thiophene rings is 1. The highest BCUT2D eigenvalue weighted by Crippen LogP contribution is 2.10. The number of primary amides is 1. The molecule has 0 atom stereocenters. The molecule has 0 aliphatic rings. The van der Waals surface area contributed by atoms with Crippen LogP contribution in [-0.4, -0.2) is 20.1 Å². The van der Waals surface area contributed by atoms with E-state index in [1.807, 2.05) is 17.5 Å². The molecule has 0 bridgehead atoms. The molecule has 2 aromatic rings. The Kier molecular flexibility index (Phi) is 5.11. The largest absolute Gasteiger partial charge is 0.366 e. The van der Waals surface area contributed by atoms with E-state index in [0.717, 1.165) is 4.88 Å². The molecular weight excluding hydrogens is 308 g/mol. The van der Waals surface area contributed by atoms with Crippen molar-refractivity contribution in [3.8, 4) is 0 Å². The molecule has 1 aromatic heterocycles. The van der Waals surface area contributed by atoms with Gasteiger partial charge >= 0.3 is 0 Å². The van der Waals surface area contributed by atoms with Crippen LogP contribution in [0.5, 0.6) is 0 Å². The summed E-state index contributed by atoms with van der Waals surface area (Å²) in [5.74, 6) is -0.486. The summed E-state index contributed by atoms with van der Waals surface area (Å²) in [5.41, 5.74) is 6.26. The van der Waals surface area contributed by atoms with Gasteiger partial charge in [0.2, 0.25) is 15.9 Å². The summed E-state index contributed by atoms with van der Waals surface area (Å²) >= 11 is 1.54. The fourth-order valence-corrected chi connectivity index (χ4v) is 3.65. The lowest BCUT2D eigenvalue weighted by molar-refractivity contribution is 0.1000. The van der Waals surface area contributed by atoms with Gasteiger partial charge in [0.15, 0.2) is 0 Å². The predicted octanol–water partition coefficient (Wildman–Crippen LogP) is 1.51. The second-order valence-electron chi connectivity index (χ2n) is 4.53. The second-order valence-corrected chi connectivity index (χ2v) is 7.49. The molecule has 0 radical (unpaired) electrons. The van der Waals surface area contributed by atoms with Crippen molar-refractivity contribution >= 4 is 27.3 Å². The minimum Gasteiger partial charge on any atom is -0.366 e. The minimum absolute atomic E-state index is 0.0447. The molecule has 0 saturated carbocycles. The Morgan fingerprint density at radius 1 is 1.24 bits per heavy atom. The van der Waals surface area contributed by atoms with Crippen LogP contribution in [0.1, 0.15) is 20.8 Å². The molecule has 3 N–H and O–H groups in total. The topological polar surface area (TPSA) is 89.3 Å². The highest BCUT2D eigenvalue weighted by atomic mass is 32.2. The lowest BCUT2D eigenvalue weighted by atomic mass is 10.1. The first-order valence-electron chi connectivity index (χ1n) is 6.35. The molecule has 2 rings (SSSR count). The first-order chi connectivity index (χ1) is 9.96. The number of rotatable bonds is 7. The Balaban J connectivity index is 1.92. The van der Waals surface area contributed by atoms with Gasteiger partial charge in [-0.2, -0.15) is 0 Å². The monoisotopic (exact) mass is 324 g/mol. The second kappa shape index (κ2) is 6.84. The lowest BCUT2D eigenvalue weighted by Crippen LogP contribution is -2.26. The maximum absolute atomic E-state index is 11.9. The van der Waals surface area contributed by atoms with E-state index in [9.17, 15) is 13.2 Å². The SMILES string of the molecule is NC(=O)c1cccc(CNS(=O)(=O)CCc2cccs2)c1. The number of nitrogens with one attached hydrogen (secondary N) is 1. The smallest absolute Gasteiger partial charge is 0.248 e. The molecule has 0 fully saturated rings. The number of aryl methyl sites for hydroxylation is 1. The van der Waals surface area contributed by atoms with Crippen molar-refractivity contribution in [1.82, 2.24) is 4.72 Å². The number of sulfonamides is 1. The number of carbonyl (C=O) groups excluding carboxylic acids is 1. The van der Waals surface area contributed by atoms with Gasteiger partial charge in [-0.25, -0.2) is 13.1 Å². The van der Waals surface area contributed by atoms with Gasteiger partial charge in [0.05, 0.1) is 5.75 Å². The van der Waals surface area contributed by atoms with Crippen LogP contribution in [0.15, 0.2) is 41.8 Å². The number of hydrogen-bond acceptors (Lipinski definition) is 4. The Bertz CT molecular complexity index is 710. The van der Waals surface area contributed by atoms with E-state index in [1.54, 1.807) is 24.3 Å². The van der Waals surface area contributed by atoms with Crippen molar-refractivity contribution in [2.75, 3.05) is 5.75 Å². The molecule has 7 heteroatoms. The third-order valence-electron chi connectivity index (χ3n) is 2.90. The third-order valence-corrected chi connectivity index (χ3v) is 5.17. The number of hydrogen-bond donors (Lipinski definition) is 2. The van der Waals surface area contributed by atoms with Crippen LogP contribution in [0.3, 0.4) is 0 Å². The molecule has 0 spiro atoms. The van der Waals surface area contributed by atoms with E-state index in [-0.39, 0.29) is 12.3 Å². The van der Waals surface area contributed by atoms with Crippen molar-refractivity contribution in [1.29, 1.82) is 0 Å². The van der Waals surface area contributed by atoms with Gasteiger partial charge in [-0.1, -0.05) is 18.2 Å². The van der Waals surface area contributed by atoms with E-state index in [2.05, 4.69) is 4.72 Å². The number of benzene rings is 1. The van der Waals surface area contributed by atoms with Crippen LogP contribution in [0, 0.1) is 0 Å². The van der Waals surface area contributed by atoms with Crippen molar-refractivity contribution in [2.45, 2.75) is 13.0 Å². The van der Waals surface area contributed by atoms with E-state index in [1.165, 1.54) is 11.3 Å². The normalized spacial score (nSPS) is 11.4. The summed E-state index contributed by atoms with van der Waals surface area (Å²) < 4.78 is 26.4. The van der Waals surface area contributed by atoms with Gasteiger partial charge in [-0.05, 0) is 35.6 Å². The maximum Gasteiger partial charge on any atom is 0.248 e. The molecule has 0 aliphatic heterocycles. The Morgan fingerprint density at radius 3 is 2.71 bits per heavy atom. The molecule has 0 aliphatic carbocycles. The van der Waals surface area contributed by atoms with Gasteiger partial charge in [0.1, 0.15) is 0 Å². The summed E-state index contributed by atoms with van der Waals surface area (Å²) in [7, 11) is -3.35. The van der Waals surface area contributed by atoms with Crippen LogP contribution < -0.4 is 10.5 Å². The molecule has 5 nitrogen and oxygen atoms in total. The molecule has 0 saturated heterocycles. The number of carbonyl (C=O) groups is 1. The average molecular weight is 324 g/mol. The van der Waals surface area contributed by atoms with Crippen molar-refractivity contribution < 1.29 is 13.2 Å². The highest BCUT2D eigenvalue weighted by molar-refractivity contribution is 7.89.